The van der Waals surface area contributed by atoms with Gasteiger partial charge in [-0.05, 0) is 61.4 Å². The normalized spacial score (nSPS) is 25.0. The van der Waals surface area contributed by atoms with Gasteiger partial charge in [0.1, 0.15) is 11.5 Å². The second-order valence-corrected chi connectivity index (χ2v) is 8.59. The highest BCUT2D eigenvalue weighted by atomic mass is 35.5. The third-order valence-electron chi connectivity index (χ3n) is 6.35. The van der Waals surface area contributed by atoms with Crippen molar-refractivity contribution >= 4 is 29.7 Å². The Kier molecular flexibility index (Phi) is 5.69. The number of furan rings is 1. The van der Waals surface area contributed by atoms with Gasteiger partial charge in [0.2, 0.25) is 5.91 Å². The van der Waals surface area contributed by atoms with Gasteiger partial charge in [0, 0.05) is 11.5 Å². The molecule has 7 heteroatoms. The van der Waals surface area contributed by atoms with Crippen LogP contribution in [0.3, 0.4) is 0 Å². The van der Waals surface area contributed by atoms with Crippen LogP contribution < -0.4 is 5.43 Å². The predicted octanol–water partition coefficient (Wildman–Crippen LogP) is 5.05. The number of fused-ring (bicyclic) bond motifs is 1. The lowest BCUT2D eigenvalue weighted by Gasteiger charge is -2.15. The van der Waals surface area contributed by atoms with E-state index < -0.39 is 5.97 Å². The average molecular weight is 429 g/mol. The summed E-state index contributed by atoms with van der Waals surface area (Å²) in [6, 6.07) is 8.56. The van der Waals surface area contributed by atoms with Crippen molar-refractivity contribution in [3.05, 3.63) is 46.7 Å². The number of carbonyl (C=O) groups excluding carboxylic acids is 2. The molecule has 1 aromatic carbocycles. The average Bonchev–Trinajstić information content (AvgIpc) is 3.09. The standard InChI is InChI=1S/C23H25ClN2O4/c1-3-29-22(28)16-12-14(7-9-18(16)24)19-10-8-15(30-19)13-25-26-21(27)20-17-6-4-5-11-23(17,20)2/h7-10,12-13,17,20H,3-6,11H2,1-2H3,(H,26,27). The van der Waals surface area contributed by atoms with Crippen LogP contribution in [-0.4, -0.2) is 24.7 Å². The first-order valence-electron chi connectivity index (χ1n) is 10.3. The van der Waals surface area contributed by atoms with E-state index in [1.807, 2.05) is 0 Å². The van der Waals surface area contributed by atoms with Gasteiger partial charge in [0.05, 0.1) is 23.4 Å². The summed E-state index contributed by atoms with van der Waals surface area (Å²) in [6.07, 6.45) is 6.16. The van der Waals surface area contributed by atoms with Gasteiger partial charge in [-0.1, -0.05) is 31.4 Å². The molecule has 158 valence electrons. The monoisotopic (exact) mass is 428 g/mol. The number of rotatable bonds is 6. The smallest absolute Gasteiger partial charge is 0.339 e. The second kappa shape index (κ2) is 8.26. The van der Waals surface area contributed by atoms with Crippen LogP contribution in [-0.2, 0) is 9.53 Å². The fraction of sp³-hybridized carbons (Fsp3) is 0.435. The zero-order valence-electron chi connectivity index (χ0n) is 17.1. The van der Waals surface area contributed by atoms with Crippen molar-refractivity contribution in [1.82, 2.24) is 5.43 Å². The number of hydrogen-bond donors (Lipinski definition) is 1. The first-order valence-corrected chi connectivity index (χ1v) is 10.7. The molecule has 6 nitrogen and oxygen atoms in total. The molecular weight excluding hydrogens is 404 g/mol. The lowest BCUT2D eigenvalue weighted by atomic mass is 9.90. The van der Waals surface area contributed by atoms with E-state index in [0.717, 1.165) is 12.8 Å². The molecule has 2 aliphatic rings. The molecule has 2 saturated carbocycles. The Bertz CT molecular complexity index is 999. The van der Waals surface area contributed by atoms with Crippen molar-refractivity contribution in [1.29, 1.82) is 0 Å². The molecule has 2 fully saturated rings. The highest BCUT2D eigenvalue weighted by molar-refractivity contribution is 6.33. The Morgan fingerprint density at radius 2 is 2.17 bits per heavy atom. The molecule has 0 aliphatic heterocycles. The van der Waals surface area contributed by atoms with E-state index in [2.05, 4.69) is 17.5 Å². The molecule has 4 rings (SSSR count). The van der Waals surface area contributed by atoms with Gasteiger partial charge >= 0.3 is 5.97 Å². The minimum Gasteiger partial charge on any atom is -0.462 e. The summed E-state index contributed by atoms with van der Waals surface area (Å²) in [5.74, 6) is 1.14. The van der Waals surface area contributed by atoms with E-state index in [1.165, 1.54) is 19.1 Å². The van der Waals surface area contributed by atoms with Gasteiger partial charge in [-0.3, -0.25) is 4.79 Å². The van der Waals surface area contributed by atoms with Crippen molar-refractivity contribution < 1.29 is 18.7 Å². The van der Waals surface area contributed by atoms with Crippen LogP contribution in [0.25, 0.3) is 11.3 Å². The quantitative estimate of drug-likeness (QED) is 0.396. The molecule has 2 aliphatic carbocycles. The maximum absolute atomic E-state index is 12.5. The minimum atomic E-state index is -0.477. The van der Waals surface area contributed by atoms with Crippen LogP contribution in [0.2, 0.25) is 5.02 Å². The van der Waals surface area contributed by atoms with Crippen molar-refractivity contribution in [3.63, 3.8) is 0 Å². The number of nitrogens with zero attached hydrogens (tertiary/aromatic N) is 1. The molecule has 2 aromatic rings. The number of hydrazone groups is 1. The highest BCUT2D eigenvalue weighted by Gasteiger charge is 2.64. The van der Waals surface area contributed by atoms with Crippen molar-refractivity contribution in [2.45, 2.75) is 39.5 Å². The molecule has 0 bridgehead atoms. The lowest BCUT2D eigenvalue weighted by molar-refractivity contribution is -0.123. The van der Waals surface area contributed by atoms with Crippen LogP contribution in [0.1, 0.15) is 55.6 Å². The maximum Gasteiger partial charge on any atom is 0.339 e. The molecule has 0 spiro atoms. The summed E-state index contributed by atoms with van der Waals surface area (Å²) in [5, 5.41) is 4.39. The number of hydrogen-bond acceptors (Lipinski definition) is 5. The fourth-order valence-electron chi connectivity index (χ4n) is 4.70. The molecule has 0 saturated heterocycles. The van der Waals surface area contributed by atoms with Gasteiger partial charge in [-0.2, -0.15) is 5.10 Å². The first-order chi connectivity index (χ1) is 14.4. The molecule has 1 amide bonds. The zero-order chi connectivity index (χ0) is 21.3. The molecule has 3 atom stereocenters. The van der Waals surface area contributed by atoms with Gasteiger partial charge in [-0.15, -0.1) is 0 Å². The topological polar surface area (TPSA) is 80.9 Å². The van der Waals surface area contributed by atoms with Gasteiger partial charge in [0.15, 0.2) is 0 Å². The van der Waals surface area contributed by atoms with Crippen LogP contribution in [0.15, 0.2) is 39.9 Å². The second-order valence-electron chi connectivity index (χ2n) is 8.19. The summed E-state index contributed by atoms with van der Waals surface area (Å²) < 4.78 is 10.8. The van der Waals surface area contributed by atoms with E-state index in [1.54, 1.807) is 37.3 Å². The number of carbonyl (C=O) groups is 2. The number of amides is 1. The van der Waals surface area contributed by atoms with E-state index in [9.17, 15) is 9.59 Å². The fourth-order valence-corrected chi connectivity index (χ4v) is 4.90. The Balaban J connectivity index is 1.40. The van der Waals surface area contributed by atoms with Gasteiger partial charge in [-0.25, -0.2) is 10.2 Å². The third kappa shape index (κ3) is 3.88. The van der Waals surface area contributed by atoms with Crippen LogP contribution in [0.4, 0.5) is 0 Å². The van der Waals surface area contributed by atoms with Crippen LogP contribution in [0.5, 0.6) is 0 Å². The number of halogens is 1. The molecule has 3 unspecified atom stereocenters. The number of nitrogens with one attached hydrogen (secondary N) is 1. The lowest BCUT2D eigenvalue weighted by Crippen LogP contribution is -2.22. The molecule has 1 N–H and O–H groups in total. The summed E-state index contributed by atoms with van der Waals surface area (Å²) in [7, 11) is 0. The molecule has 1 heterocycles. The number of esters is 1. The third-order valence-corrected chi connectivity index (χ3v) is 6.68. The molecule has 0 radical (unpaired) electrons. The molecular formula is C23H25ClN2O4. The summed E-state index contributed by atoms with van der Waals surface area (Å²) in [5.41, 5.74) is 3.80. The zero-order valence-corrected chi connectivity index (χ0v) is 17.9. The molecule has 1 aromatic heterocycles. The Hall–Kier alpha value is -2.60. The number of ether oxygens (including phenoxy) is 1. The van der Waals surface area contributed by atoms with E-state index >= 15 is 0 Å². The number of benzene rings is 1. The van der Waals surface area contributed by atoms with Crippen LogP contribution >= 0.6 is 11.6 Å². The largest absolute Gasteiger partial charge is 0.462 e. The van der Waals surface area contributed by atoms with Crippen LogP contribution in [0, 0.1) is 17.3 Å². The van der Waals surface area contributed by atoms with Crippen molar-refractivity contribution in [2.24, 2.45) is 22.4 Å². The van der Waals surface area contributed by atoms with Crippen molar-refractivity contribution in [3.8, 4) is 11.3 Å². The molecule has 30 heavy (non-hydrogen) atoms. The van der Waals surface area contributed by atoms with E-state index in [4.69, 9.17) is 20.8 Å². The Morgan fingerprint density at radius 1 is 1.33 bits per heavy atom. The first kappa shape index (κ1) is 20.7. The SMILES string of the molecule is CCOC(=O)c1cc(-c2ccc(C=NNC(=O)C3C4CCCCC43C)o2)ccc1Cl. The predicted molar refractivity (Wildman–Crippen MR) is 114 cm³/mol. The van der Waals surface area contributed by atoms with Gasteiger partial charge < -0.3 is 9.15 Å². The minimum absolute atomic E-state index is 0.00999. The van der Waals surface area contributed by atoms with Gasteiger partial charge in [0.25, 0.3) is 0 Å². The highest BCUT2D eigenvalue weighted by Crippen LogP contribution is 2.66. The summed E-state index contributed by atoms with van der Waals surface area (Å²) >= 11 is 6.11. The van der Waals surface area contributed by atoms with Crippen molar-refractivity contribution in [2.75, 3.05) is 6.61 Å². The van der Waals surface area contributed by atoms with E-state index in [-0.39, 0.29) is 29.4 Å². The Labute approximate surface area is 180 Å². The summed E-state index contributed by atoms with van der Waals surface area (Å²) in [6.45, 7) is 4.22. The maximum atomic E-state index is 12.5. The summed E-state index contributed by atoms with van der Waals surface area (Å²) in [4.78, 5) is 24.5. The Morgan fingerprint density at radius 3 is 2.90 bits per heavy atom. The van der Waals surface area contributed by atoms with E-state index in [0.29, 0.717) is 28.0 Å².